The summed E-state index contributed by atoms with van der Waals surface area (Å²) in [6.07, 6.45) is 0. The first kappa shape index (κ1) is 14.3. The molecular weight excluding hydrogens is 351 g/mol. The van der Waals surface area contributed by atoms with Crippen LogP contribution in [-0.2, 0) is 0 Å². The van der Waals surface area contributed by atoms with Crippen molar-refractivity contribution in [1.29, 1.82) is 0 Å². The Bertz CT molecular complexity index is 620. The highest BCUT2D eigenvalue weighted by atomic mass is 79.9. The molecule has 3 N–H and O–H groups in total. The van der Waals surface area contributed by atoms with Gasteiger partial charge < -0.3 is 15.8 Å². The van der Waals surface area contributed by atoms with Crippen LogP contribution >= 0.6 is 39.1 Å². The average molecular weight is 362 g/mol. The SMILES string of the molecule is COc1ccc(Br)c(Nc2cc(Cl)c(Cl)cc2N)c1. The lowest BCUT2D eigenvalue weighted by Gasteiger charge is -2.13. The summed E-state index contributed by atoms with van der Waals surface area (Å²) in [5.74, 6) is 0.740. The molecule has 0 aliphatic rings. The van der Waals surface area contributed by atoms with Crippen molar-refractivity contribution in [2.24, 2.45) is 0 Å². The van der Waals surface area contributed by atoms with E-state index in [1.165, 1.54) is 0 Å². The maximum Gasteiger partial charge on any atom is 0.121 e. The topological polar surface area (TPSA) is 47.3 Å². The lowest BCUT2D eigenvalue weighted by Crippen LogP contribution is -1.98. The van der Waals surface area contributed by atoms with Gasteiger partial charge in [-0.3, -0.25) is 0 Å². The van der Waals surface area contributed by atoms with Gasteiger partial charge in [-0.2, -0.15) is 0 Å². The standard InChI is InChI=1S/C13H11BrCl2N2O/c1-19-7-2-3-8(14)12(4-7)18-13-6-10(16)9(15)5-11(13)17/h2-6,18H,17H2,1H3. The minimum atomic E-state index is 0.425. The third-order valence-corrected chi connectivity index (χ3v) is 3.95. The highest BCUT2D eigenvalue weighted by molar-refractivity contribution is 9.10. The zero-order valence-corrected chi connectivity index (χ0v) is 13.1. The number of nitrogen functional groups attached to an aromatic ring is 1. The molecule has 19 heavy (non-hydrogen) atoms. The fourth-order valence-corrected chi connectivity index (χ4v) is 2.22. The highest BCUT2D eigenvalue weighted by Gasteiger charge is 2.08. The quantitative estimate of drug-likeness (QED) is 0.748. The Hall–Kier alpha value is -1.10. The Morgan fingerprint density at radius 2 is 1.79 bits per heavy atom. The largest absolute Gasteiger partial charge is 0.497 e. The maximum atomic E-state index is 5.99. The summed E-state index contributed by atoms with van der Waals surface area (Å²) in [5, 5.41) is 4.06. The molecule has 0 aliphatic carbocycles. The van der Waals surface area contributed by atoms with Gasteiger partial charge >= 0.3 is 0 Å². The van der Waals surface area contributed by atoms with Gasteiger partial charge in [0.2, 0.25) is 0 Å². The third-order valence-electron chi connectivity index (χ3n) is 2.54. The van der Waals surface area contributed by atoms with Crippen molar-refractivity contribution in [3.63, 3.8) is 0 Å². The van der Waals surface area contributed by atoms with Gasteiger partial charge in [0.15, 0.2) is 0 Å². The van der Waals surface area contributed by atoms with Crippen molar-refractivity contribution < 1.29 is 4.74 Å². The molecule has 2 rings (SSSR count). The van der Waals surface area contributed by atoms with Gasteiger partial charge in [-0.05, 0) is 40.2 Å². The Balaban J connectivity index is 2.38. The first-order chi connectivity index (χ1) is 9.01. The first-order valence-electron chi connectivity index (χ1n) is 5.36. The number of hydrogen-bond donors (Lipinski definition) is 2. The Morgan fingerprint density at radius 1 is 1.11 bits per heavy atom. The molecule has 0 atom stereocenters. The van der Waals surface area contributed by atoms with E-state index < -0.39 is 0 Å². The van der Waals surface area contributed by atoms with Gasteiger partial charge in [0.05, 0.1) is 34.2 Å². The third kappa shape index (κ3) is 3.26. The predicted octanol–water partition coefficient (Wildman–Crippen LogP) is 5.09. The molecular formula is C13H11BrCl2N2O. The van der Waals surface area contributed by atoms with Crippen LogP contribution in [-0.4, -0.2) is 7.11 Å². The van der Waals surface area contributed by atoms with Crippen LogP contribution in [0.2, 0.25) is 10.0 Å². The van der Waals surface area contributed by atoms with Crippen LogP contribution in [0.15, 0.2) is 34.8 Å². The fraction of sp³-hybridized carbons (Fsp3) is 0.0769. The number of hydrogen-bond acceptors (Lipinski definition) is 3. The molecule has 2 aromatic rings. The molecule has 0 amide bonds. The predicted molar refractivity (Wildman–Crippen MR) is 84.9 cm³/mol. The summed E-state index contributed by atoms with van der Waals surface area (Å²) in [4.78, 5) is 0. The Kier molecular flexibility index (Phi) is 4.45. The molecule has 0 bridgehead atoms. The van der Waals surface area contributed by atoms with Crippen LogP contribution < -0.4 is 15.8 Å². The van der Waals surface area contributed by atoms with Gasteiger partial charge in [0.1, 0.15) is 5.75 Å². The van der Waals surface area contributed by atoms with Crippen LogP contribution in [0.1, 0.15) is 0 Å². The van der Waals surface area contributed by atoms with Crippen molar-refractivity contribution in [3.05, 3.63) is 44.8 Å². The Labute approximate surface area is 129 Å². The number of methoxy groups -OCH3 is 1. The van der Waals surface area contributed by atoms with E-state index in [0.717, 1.165) is 15.9 Å². The molecule has 0 fully saturated rings. The van der Waals surface area contributed by atoms with Gasteiger partial charge in [-0.15, -0.1) is 0 Å². The normalized spacial score (nSPS) is 10.3. The van der Waals surface area contributed by atoms with Gasteiger partial charge in [-0.1, -0.05) is 23.2 Å². The molecule has 2 aromatic carbocycles. The number of ether oxygens (including phenoxy) is 1. The van der Waals surface area contributed by atoms with Gasteiger partial charge in [0, 0.05) is 10.5 Å². The summed E-state index contributed by atoms with van der Waals surface area (Å²) in [6.45, 7) is 0. The number of rotatable bonds is 3. The molecule has 0 spiro atoms. The summed E-state index contributed by atoms with van der Waals surface area (Å²) in [6, 6.07) is 8.89. The van der Waals surface area contributed by atoms with Crippen molar-refractivity contribution in [2.75, 3.05) is 18.2 Å². The summed E-state index contributed by atoms with van der Waals surface area (Å²) < 4.78 is 6.07. The van der Waals surface area contributed by atoms with E-state index in [0.29, 0.717) is 21.4 Å². The van der Waals surface area contributed by atoms with E-state index in [2.05, 4.69) is 21.2 Å². The van der Waals surface area contributed by atoms with Crippen LogP contribution in [0.25, 0.3) is 0 Å². The molecule has 0 heterocycles. The van der Waals surface area contributed by atoms with Crippen LogP contribution in [0.3, 0.4) is 0 Å². The number of nitrogens with two attached hydrogens (primary N) is 1. The van der Waals surface area contributed by atoms with E-state index in [9.17, 15) is 0 Å². The molecule has 100 valence electrons. The first-order valence-corrected chi connectivity index (χ1v) is 6.91. The van der Waals surface area contributed by atoms with Gasteiger partial charge in [-0.25, -0.2) is 0 Å². The van der Waals surface area contributed by atoms with E-state index in [1.54, 1.807) is 19.2 Å². The van der Waals surface area contributed by atoms with Crippen LogP contribution in [0, 0.1) is 0 Å². The van der Waals surface area contributed by atoms with E-state index in [4.69, 9.17) is 33.7 Å². The number of anilines is 3. The summed E-state index contributed by atoms with van der Waals surface area (Å²) >= 11 is 15.3. The zero-order chi connectivity index (χ0) is 14.0. The molecule has 0 saturated heterocycles. The number of nitrogens with one attached hydrogen (secondary N) is 1. The summed E-state index contributed by atoms with van der Waals surface area (Å²) in [7, 11) is 1.61. The molecule has 0 saturated carbocycles. The van der Waals surface area contributed by atoms with Crippen molar-refractivity contribution in [1.82, 2.24) is 0 Å². The summed E-state index contributed by atoms with van der Waals surface area (Å²) in [5.41, 5.74) is 7.93. The van der Waals surface area contributed by atoms with Crippen molar-refractivity contribution in [3.8, 4) is 5.75 Å². The van der Waals surface area contributed by atoms with Crippen molar-refractivity contribution in [2.45, 2.75) is 0 Å². The molecule has 0 radical (unpaired) electrons. The fourth-order valence-electron chi connectivity index (χ4n) is 1.54. The van der Waals surface area contributed by atoms with E-state index in [1.807, 2.05) is 18.2 Å². The zero-order valence-electron chi connectivity index (χ0n) is 10.0. The van der Waals surface area contributed by atoms with Crippen molar-refractivity contribution >= 4 is 56.2 Å². The van der Waals surface area contributed by atoms with Crippen LogP contribution in [0.5, 0.6) is 5.75 Å². The van der Waals surface area contributed by atoms with E-state index in [-0.39, 0.29) is 0 Å². The monoisotopic (exact) mass is 360 g/mol. The molecule has 0 aromatic heterocycles. The lowest BCUT2D eigenvalue weighted by atomic mass is 10.2. The lowest BCUT2D eigenvalue weighted by molar-refractivity contribution is 0.415. The molecule has 0 unspecified atom stereocenters. The second kappa shape index (κ2) is 5.90. The second-order valence-corrected chi connectivity index (χ2v) is 5.49. The maximum absolute atomic E-state index is 5.99. The minimum absolute atomic E-state index is 0.425. The Morgan fingerprint density at radius 3 is 2.47 bits per heavy atom. The minimum Gasteiger partial charge on any atom is -0.497 e. The second-order valence-electron chi connectivity index (χ2n) is 3.82. The van der Waals surface area contributed by atoms with Gasteiger partial charge in [0.25, 0.3) is 0 Å². The smallest absolute Gasteiger partial charge is 0.121 e. The molecule has 6 heteroatoms. The molecule has 0 aliphatic heterocycles. The number of halogens is 3. The van der Waals surface area contributed by atoms with E-state index >= 15 is 0 Å². The number of benzene rings is 2. The molecule has 3 nitrogen and oxygen atoms in total. The highest BCUT2D eigenvalue weighted by Crippen LogP contribution is 2.35. The average Bonchev–Trinajstić information content (AvgIpc) is 2.38. The van der Waals surface area contributed by atoms with Crippen LogP contribution in [0.4, 0.5) is 17.1 Å².